The Morgan fingerprint density at radius 3 is 2.49 bits per heavy atom. The number of nitrogens with one attached hydrogen (secondary N) is 2. The minimum atomic E-state index is -1.05. The number of primary amides is 1. The van der Waals surface area contributed by atoms with E-state index in [9.17, 15) is 14.7 Å². The summed E-state index contributed by atoms with van der Waals surface area (Å²) in [5.74, 6) is -0.823. The standard InChI is InChI=1S/C30H32N6O5/c1-40-28-23(15-34-30(36-28)41-2)18-8-9-22-25(12-18)33-16-24(27(31)37)26(22)35-21-11-19(29(38)39)10-20(13-21)32-14-17-6-4-3-5-7-17/h8-13,15-17,32H,3-7,14H2,1-2H3,(H2,31,37)(H,33,35)(H,38,39). The molecule has 212 valence electrons. The molecule has 1 saturated carbocycles. The number of carbonyl (C=O) groups excluding carboxylic acids is 1. The molecule has 0 atom stereocenters. The monoisotopic (exact) mass is 556 g/mol. The first-order valence-electron chi connectivity index (χ1n) is 13.4. The third-order valence-corrected chi connectivity index (χ3v) is 7.32. The van der Waals surface area contributed by atoms with E-state index >= 15 is 0 Å². The smallest absolute Gasteiger partial charge is 0.335 e. The second kappa shape index (κ2) is 12.1. The first-order valence-corrected chi connectivity index (χ1v) is 13.4. The minimum absolute atomic E-state index is 0.119. The van der Waals surface area contributed by atoms with Gasteiger partial charge in [0, 0.05) is 35.7 Å². The van der Waals surface area contributed by atoms with Crippen molar-refractivity contribution < 1.29 is 24.2 Å². The van der Waals surface area contributed by atoms with E-state index in [1.54, 1.807) is 18.3 Å². The van der Waals surface area contributed by atoms with E-state index in [2.05, 4.69) is 25.6 Å². The molecule has 41 heavy (non-hydrogen) atoms. The Balaban J connectivity index is 1.52. The number of nitrogens with zero attached hydrogens (tertiary/aromatic N) is 3. The third-order valence-electron chi connectivity index (χ3n) is 7.32. The SMILES string of the molecule is COc1ncc(-c2ccc3c(Nc4cc(NCC5CCCCC5)cc(C(=O)O)c4)c(C(N)=O)cnc3c2)c(OC)n1. The lowest BCUT2D eigenvalue weighted by atomic mass is 9.89. The molecule has 1 amide bonds. The van der Waals surface area contributed by atoms with Crippen molar-refractivity contribution in [3.63, 3.8) is 0 Å². The molecule has 0 spiro atoms. The van der Waals surface area contributed by atoms with E-state index in [0.29, 0.717) is 45.3 Å². The average molecular weight is 557 g/mol. The highest BCUT2D eigenvalue weighted by molar-refractivity contribution is 6.08. The Morgan fingerprint density at radius 2 is 1.78 bits per heavy atom. The molecule has 1 aliphatic rings. The number of rotatable bonds is 10. The lowest BCUT2D eigenvalue weighted by Crippen LogP contribution is -2.17. The number of ether oxygens (including phenoxy) is 2. The minimum Gasteiger partial charge on any atom is -0.480 e. The maximum Gasteiger partial charge on any atom is 0.335 e. The maximum absolute atomic E-state index is 12.4. The Hall–Kier alpha value is -4.93. The molecule has 1 aliphatic carbocycles. The number of pyridine rings is 1. The van der Waals surface area contributed by atoms with Crippen LogP contribution in [0.2, 0.25) is 0 Å². The number of hydrogen-bond acceptors (Lipinski definition) is 9. The van der Waals surface area contributed by atoms with Crippen LogP contribution >= 0.6 is 0 Å². The molecular weight excluding hydrogens is 524 g/mol. The van der Waals surface area contributed by atoms with Crippen LogP contribution in [0, 0.1) is 5.92 Å². The van der Waals surface area contributed by atoms with Crippen molar-refractivity contribution in [2.45, 2.75) is 32.1 Å². The zero-order valence-electron chi connectivity index (χ0n) is 22.9. The van der Waals surface area contributed by atoms with Gasteiger partial charge in [-0.2, -0.15) is 4.98 Å². The molecule has 4 aromatic rings. The fourth-order valence-corrected chi connectivity index (χ4v) is 5.21. The first-order chi connectivity index (χ1) is 19.9. The number of nitrogens with two attached hydrogens (primary N) is 1. The summed E-state index contributed by atoms with van der Waals surface area (Å²) in [6.45, 7) is 0.772. The lowest BCUT2D eigenvalue weighted by molar-refractivity contribution is 0.0696. The van der Waals surface area contributed by atoms with Crippen molar-refractivity contribution in [3.05, 3.63) is 59.9 Å². The molecule has 2 heterocycles. The predicted molar refractivity (Wildman–Crippen MR) is 156 cm³/mol. The summed E-state index contributed by atoms with van der Waals surface area (Å²) in [6, 6.07) is 10.6. The molecule has 2 aromatic heterocycles. The van der Waals surface area contributed by atoms with Crippen LogP contribution in [0.25, 0.3) is 22.0 Å². The topological polar surface area (TPSA) is 162 Å². The average Bonchev–Trinajstić information content (AvgIpc) is 2.99. The van der Waals surface area contributed by atoms with Crippen LogP contribution in [-0.4, -0.2) is 52.7 Å². The Kier molecular flexibility index (Phi) is 8.14. The van der Waals surface area contributed by atoms with Crippen LogP contribution in [-0.2, 0) is 0 Å². The number of carboxylic acid groups (broad SMARTS) is 1. The summed E-state index contributed by atoms with van der Waals surface area (Å²) in [6.07, 6.45) is 9.04. The maximum atomic E-state index is 12.4. The summed E-state index contributed by atoms with van der Waals surface area (Å²) < 4.78 is 10.5. The highest BCUT2D eigenvalue weighted by atomic mass is 16.5. The molecule has 0 saturated heterocycles. The number of benzene rings is 2. The van der Waals surface area contributed by atoms with Gasteiger partial charge in [-0.15, -0.1) is 0 Å². The summed E-state index contributed by atoms with van der Waals surface area (Å²) >= 11 is 0. The molecule has 0 bridgehead atoms. The molecule has 0 aliphatic heterocycles. The summed E-state index contributed by atoms with van der Waals surface area (Å²) in [7, 11) is 2.98. The van der Waals surface area contributed by atoms with Crippen LogP contribution in [0.15, 0.2) is 48.8 Å². The van der Waals surface area contributed by atoms with Crippen molar-refractivity contribution in [1.29, 1.82) is 0 Å². The lowest BCUT2D eigenvalue weighted by Gasteiger charge is -2.22. The number of aromatic nitrogens is 3. The van der Waals surface area contributed by atoms with E-state index in [0.717, 1.165) is 24.9 Å². The number of carbonyl (C=O) groups is 2. The van der Waals surface area contributed by atoms with E-state index in [-0.39, 0.29) is 17.1 Å². The molecule has 2 aromatic carbocycles. The number of methoxy groups -OCH3 is 2. The molecule has 11 nitrogen and oxygen atoms in total. The molecule has 11 heteroatoms. The van der Waals surface area contributed by atoms with E-state index in [4.69, 9.17) is 15.2 Å². The second-order valence-electron chi connectivity index (χ2n) is 10.0. The van der Waals surface area contributed by atoms with Crippen molar-refractivity contribution >= 4 is 39.8 Å². The number of hydrogen-bond donors (Lipinski definition) is 4. The van der Waals surface area contributed by atoms with Gasteiger partial charge in [-0.1, -0.05) is 31.4 Å². The van der Waals surface area contributed by atoms with Gasteiger partial charge in [0.15, 0.2) is 0 Å². The Labute approximate surface area is 237 Å². The zero-order chi connectivity index (χ0) is 28.9. The van der Waals surface area contributed by atoms with Gasteiger partial charge in [0.25, 0.3) is 5.91 Å². The molecule has 0 unspecified atom stereocenters. The molecular formula is C30H32N6O5. The van der Waals surface area contributed by atoms with Gasteiger partial charge in [-0.05, 0) is 48.6 Å². The molecule has 5 N–H and O–H groups in total. The van der Waals surface area contributed by atoms with E-state index < -0.39 is 11.9 Å². The molecule has 5 rings (SSSR count). The summed E-state index contributed by atoms with van der Waals surface area (Å²) in [5, 5.41) is 17.1. The van der Waals surface area contributed by atoms with Crippen LogP contribution < -0.4 is 25.8 Å². The Bertz CT molecular complexity index is 1600. The fraction of sp³-hybridized carbons (Fsp3) is 0.300. The second-order valence-corrected chi connectivity index (χ2v) is 10.0. The number of anilines is 3. The van der Waals surface area contributed by atoms with Crippen LogP contribution in [0.4, 0.5) is 17.1 Å². The van der Waals surface area contributed by atoms with E-state index in [1.165, 1.54) is 45.7 Å². The van der Waals surface area contributed by atoms with Crippen LogP contribution in [0.3, 0.4) is 0 Å². The Morgan fingerprint density at radius 1 is 1.00 bits per heavy atom. The van der Waals surface area contributed by atoms with Gasteiger partial charge in [-0.3, -0.25) is 9.78 Å². The predicted octanol–water partition coefficient (Wildman–Crippen LogP) is 5.24. The zero-order valence-corrected chi connectivity index (χ0v) is 22.9. The number of amides is 1. The van der Waals surface area contributed by atoms with Gasteiger partial charge in [0.2, 0.25) is 5.88 Å². The van der Waals surface area contributed by atoms with Gasteiger partial charge < -0.3 is 30.9 Å². The number of carboxylic acids is 1. The normalized spacial score (nSPS) is 13.5. The van der Waals surface area contributed by atoms with E-state index in [1.807, 2.05) is 18.2 Å². The van der Waals surface area contributed by atoms with Crippen molar-refractivity contribution in [2.75, 3.05) is 31.4 Å². The summed E-state index contributed by atoms with van der Waals surface area (Å²) in [5.41, 5.74) is 9.56. The first kappa shape index (κ1) is 27.6. The van der Waals surface area contributed by atoms with Crippen molar-refractivity contribution in [1.82, 2.24) is 15.0 Å². The highest BCUT2D eigenvalue weighted by Gasteiger charge is 2.18. The van der Waals surface area contributed by atoms with Crippen LogP contribution in [0.1, 0.15) is 52.8 Å². The van der Waals surface area contributed by atoms with Gasteiger partial charge in [0.1, 0.15) is 0 Å². The third kappa shape index (κ3) is 6.13. The van der Waals surface area contributed by atoms with Crippen LogP contribution in [0.5, 0.6) is 11.9 Å². The molecule has 0 radical (unpaired) electrons. The summed E-state index contributed by atoms with van der Waals surface area (Å²) in [4.78, 5) is 37.3. The fourth-order valence-electron chi connectivity index (χ4n) is 5.21. The molecule has 1 fully saturated rings. The quantitative estimate of drug-likeness (QED) is 0.203. The highest BCUT2D eigenvalue weighted by Crippen LogP contribution is 2.35. The van der Waals surface area contributed by atoms with Crippen molar-refractivity contribution in [2.24, 2.45) is 11.7 Å². The van der Waals surface area contributed by atoms with Gasteiger partial charge >= 0.3 is 12.0 Å². The number of fused-ring (bicyclic) bond motifs is 1. The van der Waals surface area contributed by atoms with Gasteiger partial charge in [-0.25, -0.2) is 9.78 Å². The number of aromatic carboxylic acids is 1. The van der Waals surface area contributed by atoms with Crippen molar-refractivity contribution in [3.8, 4) is 23.0 Å². The largest absolute Gasteiger partial charge is 0.480 e. The van der Waals surface area contributed by atoms with Gasteiger partial charge in [0.05, 0.1) is 42.1 Å².